The van der Waals surface area contributed by atoms with E-state index in [-0.39, 0.29) is 29.7 Å². The highest BCUT2D eigenvalue weighted by molar-refractivity contribution is 5.95. The van der Waals surface area contributed by atoms with Gasteiger partial charge in [-0.05, 0) is 85.3 Å². The minimum absolute atomic E-state index is 0.00400. The summed E-state index contributed by atoms with van der Waals surface area (Å²) in [5.41, 5.74) is 3.73. The summed E-state index contributed by atoms with van der Waals surface area (Å²) in [6.45, 7) is 8.44. The molecule has 0 heterocycles. The molecule has 2 aromatic rings. The molecule has 0 saturated heterocycles. The van der Waals surface area contributed by atoms with Crippen molar-refractivity contribution in [3.63, 3.8) is 0 Å². The van der Waals surface area contributed by atoms with Gasteiger partial charge in [-0.25, -0.2) is 0 Å². The minimum atomic E-state index is -0.312. The largest absolute Gasteiger partial charge is 0.462 e. The van der Waals surface area contributed by atoms with Crippen LogP contribution in [0.25, 0.3) is 16.8 Å². The maximum atomic E-state index is 12.2. The summed E-state index contributed by atoms with van der Waals surface area (Å²) in [6.07, 6.45) is 7.56. The molecular formula is C28H34O3. The Morgan fingerprint density at radius 1 is 1.06 bits per heavy atom. The quantitative estimate of drug-likeness (QED) is 0.514. The molecule has 2 aromatic carbocycles. The third-order valence-corrected chi connectivity index (χ3v) is 7.96. The van der Waals surface area contributed by atoms with Gasteiger partial charge in [-0.2, -0.15) is 0 Å². The molecule has 5 rings (SSSR count). The van der Waals surface area contributed by atoms with E-state index in [0.29, 0.717) is 11.8 Å². The lowest BCUT2D eigenvalue weighted by atomic mass is 9.82. The van der Waals surface area contributed by atoms with E-state index in [2.05, 4.69) is 56.3 Å². The Kier molecular flexibility index (Phi) is 5.21. The molecule has 31 heavy (non-hydrogen) atoms. The molecule has 3 nitrogen and oxygen atoms in total. The van der Waals surface area contributed by atoms with E-state index < -0.39 is 0 Å². The first kappa shape index (κ1) is 20.8. The lowest BCUT2D eigenvalue weighted by Crippen LogP contribution is -2.39. The number of carbonyl (C=O) groups is 1. The predicted octanol–water partition coefficient (Wildman–Crippen LogP) is 6.33. The average Bonchev–Trinajstić information content (AvgIpc) is 3.33. The zero-order valence-corrected chi connectivity index (χ0v) is 19.2. The summed E-state index contributed by atoms with van der Waals surface area (Å²) >= 11 is 0. The van der Waals surface area contributed by atoms with Crippen LogP contribution in [0.2, 0.25) is 0 Å². The van der Waals surface area contributed by atoms with Gasteiger partial charge in [0.05, 0.1) is 17.6 Å². The van der Waals surface area contributed by atoms with Crippen LogP contribution >= 0.6 is 0 Å². The molecule has 3 aliphatic carbocycles. The molecule has 2 fully saturated rings. The van der Waals surface area contributed by atoms with Gasteiger partial charge in [-0.15, -0.1) is 0 Å². The van der Waals surface area contributed by atoms with Crippen LogP contribution in [0.1, 0.15) is 64.5 Å². The van der Waals surface area contributed by atoms with Crippen molar-refractivity contribution in [1.29, 1.82) is 0 Å². The van der Waals surface area contributed by atoms with E-state index >= 15 is 0 Å². The summed E-state index contributed by atoms with van der Waals surface area (Å²) in [4.78, 5) is 12.2. The summed E-state index contributed by atoms with van der Waals surface area (Å²) in [5, 5.41) is 2.70. The Balaban J connectivity index is 1.28. The topological polar surface area (TPSA) is 35.5 Å². The fourth-order valence-electron chi connectivity index (χ4n) is 5.89. The Bertz CT molecular complexity index is 1030. The van der Waals surface area contributed by atoms with E-state index in [9.17, 15) is 4.79 Å². The van der Waals surface area contributed by atoms with Gasteiger partial charge in [0.15, 0.2) is 0 Å². The number of ether oxygens (including phenoxy) is 2. The number of rotatable bonds is 6. The van der Waals surface area contributed by atoms with E-state index in [1.54, 1.807) is 0 Å². The van der Waals surface area contributed by atoms with Gasteiger partial charge in [-0.3, -0.25) is 4.79 Å². The molecule has 0 N–H and O–H groups in total. The van der Waals surface area contributed by atoms with Crippen molar-refractivity contribution in [3.8, 4) is 0 Å². The average molecular weight is 419 g/mol. The summed E-state index contributed by atoms with van der Waals surface area (Å²) in [7, 11) is 0. The zero-order valence-electron chi connectivity index (χ0n) is 19.2. The van der Waals surface area contributed by atoms with Gasteiger partial charge in [0.2, 0.25) is 0 Å². The molecule has 2 bridgehead atoms. The van der Waals surface area contributed by atoms with Crippen LogP contribution in [0.5, 0.6) is 0 Å². The van der Waals surface area contributed by atoms with Crippen LogP contribution in [0.15, 0.2) is 42.0 Å². The molecule has 0 spiro atoms. The standard InChI is InChI=1S/C28H34O3/c1-5-17(2)27(29)30-24-15-22-12-21(24)16-25(22)31-28(3,4)23-13-19-10-6-8-18-9-7-11-20(14-23)26(18)19/h6-11,13,17,21-22,24-25H,5,12,14-16H2,1-4H3. The molecule has 0 aliphatic heterocycles. The SMILES string of the molecule is CCC(C)C(=O)OC1CC2CC1CC2OC(C)(C)C1=Cc2cccc3cccc(c23)C1. The molecule has 5 atom stereocenters. The Morgan fingerprint density at radius 2 is 1.77 bits per heavy atom. The fraction of sp³-hybridized carbons (Fsp3) is 0.536. The normalized spacial score (nSPS) is 27.9. The van der Waals surface area contributed by atoms with Crippen LogP contribution in [-0.2, 0) is 20.7 Å². The molecule has 3 heteroatoms. The number of fused-ring (bicyclic) bond motifs is 2. The predicted molar refractivity (Wildman–Crippen MR) is 125 cm³/mol. The van der Waals surface area contributed by atoms with Gasteiger partial charge in [-0.1, -0.05) is 56.3 Å². The zero-order chi connectivity index (χ0) is 21.8. The van der Waals surface area contributed by atoms with Crippen molar-refractivity contribution in [3.05, 3.63) is 53.1 Å². The minimum Gasteiger partial charge on any atom is -0.462 e. The molecule has 0 radical (unpaired) electrons. The van der Waals surface area contributed by atoms with Crippen molar-refractivity contribution in [1.82, 2.24) is 0 Å². The van der Waals surface area contributed by atoms with Crippen molar-refractivity contribution < 1.29 is 14.3 Å². The van der Waals surface area contributed by atoms with Gasteiger partial charge in [0.25, 0.3) is 0 Å². The summed E-state index contributed by atoms with van der Waals surface area (Å²) < 4.78 is 12.7. The van der Waals surface area contributed by atoms with Crippen LogP contribution in [0, 0.1) is 17.8 Å². The Hall–Kier alpha value is -2.13. The third kappa shape index (κ3) is 3.71. The van der Waals surface area contributed by atoms with Crippen LogP contribution < -0.4 is 0 Å². The van der Waals surface area contributed by atoms with Crippen molar-refractivity contribution in [2.24, 2.45) is 17.8 Å². The van der Waals surface area contributed by atoms with E-state index in [1.807, 2.05) is 13.8 Å². The molecule has 0 aromatic heterocycles. The number of esters is 1. The second kappa shape index (κ2) is 7.78. The smallest absolute Gasteiger partial charge is 0.308 e. The number of carbonyl (C=O) groups excluding carboxylic acids is 1. The molecule has 164 valence electrons. The first-order valence-corrected chi connectivity index (χ1v) is 12.0. The Labute approximate surface area is 185 Å². The Morgan fingerprint density at radius 3 is 2.48 bits per heavy atom. The molecule has 0 amide bonds. The van der Waals surface area contributed by atoms with Gasteiger partial charge in [0.1, 0.15) is 6.10 Å². The van der Waals surface area contributed by atoms with Crippen LogP contribution in [-0.4, -0.2) is 23.8 Å². The first-order chi connectivity index (χ1) is 14.9. The van der Waals surface area contributed by atoms with E-state index in [1.165, 1.54) is 27.5 Å². The number of hydrogen-bond donors (Lipinski definition) is 0. The molecular weight excluding hydrogens is 384 g/mol. The van der Waals surface area contributed by atoms with Crippen LogP contribution in [0.4, 0.5) is 0 Å². The number of hydrogen-bond acceptors (Lipinski definition) is 3. The molecule has 2 saturated carbocycles. The third-order valence-electron chi connectivity index (χ3n) is 7.96. The second-order valence-corrected chi connectivity index (χ2v) is 10.4. The lowest BCUT2D eigenvalue weighted by molar-refractivity contribution is -0.159. The maximum Gasteiger partial charge on any atom is 0.308 e. The second-order valence-electron chi connectivity index (χ2n) is 10.4. The van der Waals surface area contributed by atoms with Crippen molar-refractivity contribution in [2.45, 2.75) is 77.6 Å². The van der Waals surface area contributed by atoms with E-state index in [4.69, 9.17) is 9.47 Å². The monoisotopic (exact) mass is 418 g/mol. The van der Waals surface area contributed by atoms with Crippen molar-refractivity contribution >= 4 is 22.8 Å². The van der Waals surface area contributed by atoms with E-state index in [0.717, 1.165) is 32.1 Å². The van der Waals surface area contributed by atoms with Gasteiger partial charge < -0.3 is 9.47 Å². The van der Waals surface area contributed by atoms with Gasteiger partial charge >= 0.3 is 5.97 Å². The highest BCUT2D eigenvalue weighted by atomic mass is 16.5. The summed E-state index contributed by atoms with van der Waals surface area (Å²) in [6, 6.07) is 13.2. The maximum absolute atomic E-state index is 12.2. The van der Waals surface area contributed by atoms with Gasteiger partial charge in [0, 0.05) is 0 Å². The lowest BCUT2D eigenvalue weighted by Gasteiger charge is -2.37. The number of benzene rings is 2. The van der Waals surface area contributed by atoms with Crippen LogP contribution in [0.3, 0.4) is 0 Å². The molecule has 5 unspecified atom stereocenters. The molecule has 3 aliphatic rings. The highest BCUT2D eigenvalue weighted by Gasteiger charge is 2.50. The fourth-order valence-corrected chi connectivity index (χ4v) is 5.89. The first-order valence-electron chi connectivity index (χ1n) is 12.0. The van der Waals surface area contributed by atoms with Crippen molar-refractivity contribution in [2.75, 3.05) is 0 Å². The summed E-state index contributed by atoms with van der Waals surface area (Å²) in [5.74, 6) is 0.918. The highest BCUT2D eigenvalue weighted by Crippen LogP contribution is 2.49.